The Kier molecular flexibility index (Phi) is 6.31. The third kappa shape index (κ3) is 6.16. The Bertz CT molecular complexity index is 127. The van der Waals surface area contributed by atoms with Crippen LogP contribution in [0.4, 0.5) is 0 Å². The zero-order chi connectivity index (χ0) is 8.69. The molecule has 0 heterocycles. The highest BCUT2D eigenvalue weighted by Gasteiger charge is 1.97. The molecule has 2 nitrogen and oxygen atoms in total. The van der Waals surface area contributed by atoms with E-state index in [2.05, 4.69) is 13.2 Å². The monoisotopic (exact) mass is 174 g/mol. The minimum absolute atomic E-state index is 0.123. The molecule has 0 aromatic carbocycles. The first kappa shape index (κ1) is 10.8. The lowest BCUT2D eigenvalue weighted by atomic mass is 10.4. The average Bonchev–Trinajstić information content (AvgIpc) is 1.87. The van der Waals surface area contributed by atoms with E-state index < -0.39 is 0 Å². The maximum atomic E-state index is 8.53. The second-order valence-corrected chi connectivity index (χ2v) is 3.49. The molecule has 0 amide bonds. The van der Waals surface area contributed by atoms with E-state index in [1.807, 2.05) is 0 Å². The lowest BCUT2D eigenvalue weighted by Crippen LogP contribution is -1.86. The van der Waals surface area contributed by atoms with Crippen LogP contribution in [0.1, 0.15) is 12.8 Å². The molecular formula is C8H14O2S. The van der Waals surface area contributed by atoms with Crippen molar-refractivity contribution < 1.29 is 10.2 Å². The van der Waals surface area contributed by atoms with Crippen LogP contribution in [-0.2, 0) is 0 Å². The molecule has 0 bridgehead atoms. The van der Waals surface area contributed by atoms with Gasteiger partial charge in [-0.1, -0.05) is 13.2 Å². The van der Waals surface area contributed by atoms with Crippen molar-refractivity contribution in [2.45, 2.75) is 12.8 Å². The highest BCUT2D eigenvalue weighted by molar-refractivity contribution is 8.06. The fourth-order valence-electron chi connectivity index (χ4n) is 0.556. The van der Waals surface area contributed by atoms with E-state index in [0.717, 1.165) is 9.81 Å². The third-order valence-electron chi connectivity index (χ3n) is 1.07. The Balaban J connectivity index is 3.49. The quantitative estimate of drug-likeness (QED) is 0.641. The molecule has 2 N–H and O–H groups in total. The molecule has 0 aliphatic rings. The van der Waals surface area contributed by atoms with E-state index in [-0.39, 0.29) is 13.2 Å². The standard InChI is InChI=1S/C8H14O2S/c1-7(3-5-9)11-8(2)4-6-10/h9-10H,1-6H2. The van der Waals surface area contributed by atoms with E-state index in [4.69, 9.17) is 10.2 Å². The van der Waals surface area contributed by atoms with Gasteiger partial charge >= 0.3 is 0 Å². The average molecular weight is 174 g/mol. The largest absolute Gasteiger partial charge is 0.396 e. The molecule has 0 aromatic heterocycles. The summed E-state index contributed by atoms with van der Waals surface area (Å²) in [5.74, 6) is 0. The van der Waals surface area contributed by atoms with Crippen molar-refractivity contribution in [3.63, 3.8) is 0 Å². The van der Waals surface area contributed by atoms with Crippen LogP contribution in [0.15, 0.2) is 23.0 Å². The molecule has 0 aromatic rings. The summed E-state index contributed by atoms with van der Waals surface area (Å²) in [6, 6.07) is 0. The number of hydrogen-bond acceptors (Lipinski definition) is 3. The van der Waals surface area contributed by atoms with Gasteiger partial charge in [-0.25, -0.2) is 0 Å². The molecule has 0 aliphatic carbocycles. The van der Waals surface area contributed by atoms with Gasteiger partial charge in [0.05, 0.1) is 0 Å². The van der Waals surface area contributed by atoms with Crippen LogP contribution >= 0.6 is 11.8 Å². The smallest absolute Gasteiger partial charge is 0.0476 e. The maximum absolute atomic E-state index is 8.53. The highest BCUT2D eigenvalue weighted by atomic mass is 32.2. The summed E-state index contributed by atoms with van der Waals surface area (Å²) in [5, 5.41) is 17.1. The van der Waals surface area contributed by atoms with Gasteiger partial charge in [0.2, 0.25) is 0 Å². The van der Waals surface area contributed by atoms with Crippen LogP contribution in [0.25, 0.3) is 0 Å². The van der Waals surface area contributed by atoms with Crippen molar-refractivity contribution in [3.8, 4) is 0 Å². The predicted octanol–water partition coefficient (Wildman–Crippen LogP) is 1.51. The van der Waals surface area contributed by atoms with Crippen molar-refractivity contribution in [1.29, 1.82) is 0 Å². The van der Waals surface area contributed by atoms with Crippen LogP contribution in [-0.4, -0.2) is 23.4 Å². The van der Waals surface area contributed by atoms with Crippen molar-refractivity contribution in [2.75, 3.05) is 13.2 Å². The molecule has 3 heteroatoms. The first-order valence-corrected chi connectivity index (χ1v) is 4.27. The molecule has 0 radical (unpaired) electrons. The fourth-order valence-corrected chi connectivity index (χ4v) is 1.35. The molecule has 0 rings (SSSR count). The third-order valence-corrected chi connectivity index (χ3v) is 2.06. The van der Waals surface area contributed by atoms with Gasteiger partial charge in [-0.05, 0) is 9.81 Å². The second kappa shape index (κ2) is 6.46. The number of rotatable bonds is 6. The Morgan fingerprint density at radius 2 is 1.36 bits per heavy atom. The topological polar surface area (TPSA) is 40.5 Å². The van der Waals surface area contributed by atoms with Crippen molar-refractivity contribution in [3.05, 3.63) is 23.0 Å². The molecule has 0 atom stereocenters. The van der Waals surface area contributed by atoms with E-state index in [9.17, 15) is 0 Å². The van der Waals surface area contributed by atoms with Gasteiger partial charge in [-0.15, -0.1) is 11.8 Å². The van der Waals surface area contributed by atoms with Gasteiger partial charge in [0.1, 0.15) is 0 Å². The Labute approximate surface area is 71.6 Å². The molecule has 0 fully saturated rings. The molecule has 0 aliphatic heterocycles. The number of aliphatic hydroxyl groups excluding tert-OH is 2. The van der Waals surface area contributed by atoms with Crippen LogP contribution in [0.3, 0.4) is 0 Å². The van der Waals surface area contributed by atoms with Crippen molar-refractivity contribution in [2.24, 2.45) is 0 Å². The number of thioether (sulfide) groups is 1. The van der Waals surface area contributed by atoms with Crippen LogP contribution in [0, 0.1) is 0 Å². The normalized spacial score (nSPS) is 9.64. The van der Waals surface area contributed by atoms with Gasteiger partial charge in [0, 0.05) is 26.1 Å². The zero-order valence-corrected chi connectivity index (χ0v) is 7.36. The summed E-state index contributed by atoms with van der Waals surface area (Å²) in [6.07, 6.45) is 1.18. The summed E-state index contributed by atoms with van der Waals surface area (Å²) in [6.45, 7) is 7.70. The van der Waals surface area contributed by atoms with Crippen LogP contribution in [0.5, 0.6) is 0 Å². The first-order valence-electron chi connectivity index (χ1n) is 3.45. The molecule has 0 saturated carbocycles. The molecular weight excluding hydrogens is 160 g/mol. The van der Waals surface area contributed by atoms with Crippen molar-refractivity contribution >= 4 is 11.8 Å². The molecule has 0 saturated heterocycles. The summed E-state index contributed by atoms with van der Waals surface area (Å²) < 4.78 is 0. The molecule has 64 valence electrons. The lowest BCUT2D eigenvalue weighted by molar-refractivity contribution is 0.301. The minimum Gasteiger partial charge on any atom is -0.396 e. The maximum Gasteiger partial charge on any atom is 0.0476 e. The van der Waals surface area contributed by atoms with Gasteiger partial charge < -0.3 is 10.2 Å². The number of hydrogen-bond donors (Lipinski definition) is 2. The van der Waals surface area contributed by atoms with Crippen molar-refractivity contribution in [1.82, 2.24) is 0 Å². The molecule has 0 unspecified atom stereocenters. The fraction of sp³-hybridized carbons (Fsp3) is 0.500. The minimum atomic E-state index is 0.123. The highest BCUT2D eigenvalue weighted by Crippen LogP contribution is 2.26. The Hall–Kier alpha value is -0.250. The predicted molar refractivity (Wildman–Crippen MR) is 49.3 cm³/mol. The SMILES string of the molecule is C=C(CCO)SC(=C)CCO. The summed E-state index contributed by atoms with van der Waals surface area (Å²) >= 11 is 1.44. The zero-order valence-electron chi connectivity index (χ0n) is 6.55. The van der Waals surface area contributed by atoms with Gasteiger partial charge in [0.25, 0.3) is 0 Å². The van der Waals surface area contributed by atoms with E-state index in [1.165, 1.54) is 11.8 Å². The van der Waals surface area contributed by atoms with E-state index in [1.54, 1.807) is 0 Å². The van der Waals surface area contributed by atoms with E-state index in [0.29, 0.717) is 12.8 Å². The van der Waals surface area contributed by atoms with Gasteiger partial charge in [0.15, 0.2) is 0 Å². The number of aliphatic hydroxyl groups is 2. The first-order chi connectivity index (χ1) is 5.20. The summed E-state index contributed by atoms with van der Waals surface area (Å²) in [4.78, 5) is 1.79. The van der Waals surface area contributed by atoms with Crippen LogP contribution in [0.2, 0.25) is 0 Å². The summed E-state index contributed by atoms with van der Waals surface area (Å²) in [5.41, 5.74) is 0. The van der Waals surface area contributed by atoms with Gasteiger partial charge in [-0.3, -0.25) is 0 Å². The Morgan fingerprint density at radius 1 is 1.00 bits per heavy atom. The lowest BCUT2D eigenvalue weighted by Gasteiger charge is -2.04. The van der Waals surface area contributed by atoms with Gasteiger partial charge in [-0.2, -0.15) is 0 Å². The Morgan fingerprint density at radius 3 is 1.64 bits per heavy atom. The summed E-state index contributed by atoms with van der Waals surface area (Å²) in [7, 11) is 0. The van der Waals surface area contributed by atoms with Crippen LogP contribution < -0.4 is 0 Å². The molecule has 0 spiro atoms. The second-order valence-electron chi connectivity index (χ2n) is 2.13. The molecule has 11 heavy (non-hydrogen) atoms. The van der Waals surface area contributed by atoms with E-state index >= 15 is 0 Å².